The molecular formula is C16H20FN3O. The smallest absolute Gasteiger partial charge is 0.165 e. The van der Waals surface area contributed by atoms with Gasteiger partial charge >= 0.3 is 0 Å². The molecule has 2 rings (SSSR count). The predicted octanol–water partition coefficient (Wildman–Crippen LogP) is 3.59. The number of halogens is 1. The van der Waals surface area contributed by atoms with Crippen molar-refractivity contribution >= 4 is 5.82 Å². The molecule has 0 fully saturated rings. The van der Waals surface area contributed by atoms with Crippen molar-refractivity contribution in [3.8, 4) is 17.1 Å². The van der Waals surface area contributed by atoms with Crippen molar-refractivity contribution in [2.75, 3.05) is 19.0 Å². The lowest BCUT2D eigenvalue weighted by atomic mass is 10.1. The molecule has 0 spiro atoms. The lowest BCUT2D eigenvalue weighted by Gasteiger charge is -2.13. The third-order valence-electron chi connectivity index (χ3n) is 3.32. The third kappa shape index (κ3) is 3.12. The minimum absolute atomic E-state index is 0.193. The van der Waals surface area contributed by atoms with Crippen molar-refractivity contribution in [3.05, 3.63) is 35.3 Å². The van der Waals surface area contributed by atoms with Crippen molar-refractivity contribution in [2.24, 2.45) is 0 Å². The van der Waals surface area contributed by atoms with Gasteiger partial charge in [0.15, 0.2) is 17.4 Å². The topological polar surface area (TPSA) is 47.0 Å². The van der Waals surface area contributed by atoms with E-state index in [9.17, 15) is 4.39 Å². The lowest BCUT2D eigenvalue weighted by Crippen LogP contribution is -2.08. The third-order valence-corrected chi connectivity index (χ3v) is 3.32. The van der Waals surface area contributed by atoms with Gasteiger partial charge in [-0.25, -0.2) is 14.4 Å². The van der Waals surface area contributed by atoms with Crippen molar-refractivity contribution < 1.29 is 9.13 Å². The maximum Gasteiger partial charge on any atom is 0.165 e. The molecule has 0 amide bonds. The number of ether oxygens (including phenoxy) is 1. The summed E-state index contributed by atoms with van der Waals surface area (Å²) in [4.78, 5) is 9.10. The summed E-state index contributed by atoms with van der Waals surface area (Å²) in [7, 11) is 1.44. The van der Waals surface area contributed by atoms with Crippen LogP contribution in [0.5, 0.6) is 5.75 Å². The van der Waals surface area contributed by atoms with Gasteiger partial charge in [-0.3, -0.25) is 0 Å². The van der Waals surface area contributed by atoms with Crippen molar-refractivity contribution in [2.45, 2.75) is 27.2 Å². The van der Waals surface area contributed by atoms with Crippen LogP contribution in [-0.2, 0) is 6.42 Å². The molecule has 0 bridgehead atoms. The molecule has 0 saturated carbocycles. The van der Waals surface area contributed by atoms with Gasteiger partial charge in [-0.05, 0) is 38.5 Å². The zero-order valence-electron chi connectivity index (χ0n) is 12.8. The zero-order chi connectivity index (χ0) is 15.4. The Hall–Kier alpha value is -2.17. The quantitative estimate of drug-likeness (QED) is 0.913. The molecule has 0 radical (unpaired) electrons. The summed E-state index contributed by atoms with van der Waals surface area (Å²) in [6, 6.07) is 4.65. The normalized spacial score (nSPS) is 10.5. The fraction of sp³-hybridized carbons (Fsp3) is 0.375. The molecule has 0 aliphatic rings. The van der Waals surface area contributed by atoms with E-state index in [1.165, 1.54) is 13.2 Å². The highest BCUT2D eigenvalue weighted by Gasteiger charge is 2.13. The summed E-state index contributed by atoms with van der Waals surface area (Å²) in [6.45, 7) is 6.85. The van der Waals surface area contributed by atoms with E-state index in [2.05, 4.69) is 22.2 Å². The molecule has 0 unspecified atom stereocenters. The maximum atomic E-state index is 13.5. The van der Waals surface area contributed by atoms with Crippen LogP contribution in [0.3, 0.4) is 0 Å². The van der Waals surface area contributed by atoms with Crippen LogP contribution in [0.4, 0.5) is 10.2 Å². The first-order valence-electron chi connectivity index (χ1n) is 7.06. The van der Waals surface area contributed by atoms with Gasteiger partial charge in [0, 0.05) is 23.4 Å². The Bertz CT molecular complexity index is 644. The molecule has 1 aromatic heterocycles. The second kappa shape index (κ2) is 6.52. The van der Waals surface area contributed by atoms with Gasteiger partial charge in [-0.1, -0.05) is 6.92 Å². The minimum Gasteiger partial charge on any atom is -0.494 e. The molecule has 21 heavy (non-hydrogen) atoms. The fourth-order valence-electron chi connectivity index (χ4n) is 2.26. The van der Waals surface area contributed by atoms with Crippen molar-refractivity contribution in [1.82, 2.24) is 9.97 Å². The minimum atomic E-state index is -0.393. The lowest BCUT2D eigenvalue weighted by molar-refractivity contribution is 0.387. The SMILES string of the molecule is CCNc1nc(-c2ccc(F)c(OC)c2)nc(C)c1CC. The van der Waals surface area contributed by atoms with Crippen LogP contribution in [0.1, 0.15) is 25.1 Å². The Morgan fingerprint density at radius 3 is 2.62 bits per heavy atom. The Labute approximate surface area is 124 Å². The number of hydrogen-bond acceptors (Lipinski definition) is 4. The van der Waals surface area contributed by atoms with E-state index in [4.69, 9.17) is 4.74 Å². The molecule has 0 aliphatic carbocycles. The molecule has 1 aromatic carbocycles. The Morgan fingerprint density at radius 1 is 1.24 bits per heavy atom. The van der Waals surface area contributed by atoms with Crippen LogP contribution < -0.4 is 10.1 Å². The van der Waals surface area contributed by atoms with E-state index >= 15 is 0 Å². The summed E-state index contributed by atoms with van der Waals surface area (Å²) in [5.41, 5.74) is 2.77. The number of methoxy groups -OCH3 is 1. The monoisotopic (exact) mass is 289 g/mol. The number of rotatable bonds is 5. The number of anilines is 1. The van der Waals surface area contributed by atoms with Crippen LogP contribution in [-0.4, -0.2) is 23.6 Å². The van der Waals surface area contributed by atoms with Crippen LogP contribution in [0.2, 0.25) is 0 Å². The summed E-state index contributed by atoms with van der Waals surface area (Å²) in [6.07, 6.45) is 0.862. The van der Waals surface area contributed by atoms with Gasteiger partial charge in [-0.15, -0.1) is 0 Å². The second-order valence-corrected chi connectivity index (χ2v) is 4.69. The molecule has 0 saturated heterocycles. The molecule has 4 nitrogen and oxygen atoms in total. The molecule has 0 aliphatic heterocycles. The molecule has 112 valence electrons. The van der Waals surface area contributed by atoms with E-state index < -0.39 is 5.82 Å². The van der Waals surface area contributed by atoms with E-state index in [-0.39, 0.29) is 5.75 Å². The first-order valence-corrected chi connectivity index (χ1v) is 7.06. The first-order chi connectivity index (χ1) is 10.1. The van der Waals surface area contributed by atoms with E-state index in [1.807, 2.05) is 13.8 Å². The molecule has 1 N–H and O–H groups in total. The number of hydrogen-bond donors (Lipinski definition) is 1. The summed E-state index contributed by atoms with van der Waals surface area (Å²) < 4.78 is 18.5. The Morgan fingerprint density at radius 2 is 2.00 bits per heavy atom. The standard InChI is InChI=1S/C16H20FN3O/c1-5-12-10(3)19-15(20-16(12)18-6-2)11-7-8-13(17)14(9-11)21-4/h7-9H,5-6H2,1-4H3,(H,18,19,20). The first kappa shape index (κ1) is 15.2. The Kier molecular flexibility index (Phi) is 4.73. The van der Waals surface area contributed by atoms with Crippen molar-refractivity contribution in [3.63, 3.8) is 0 Å². The highest BCUT2D eigenvalue weighted by molar-refractivity contribution is 5.61. The largest absolute Gasteiger partial charge is 0.494 e. The predicted molar refractivity (Wildman–Crippen MR) is 82.3 cm³/mol. The summed E-state index contributed by atoms with van der Waals surface area (Å²) >= 11 is 0. The van der Waals surface area contributed by atoms with Gasteiger partial charge < -0.3 is 10.1 Å². The van der Waals surface area contributed by atoms with Gasteiger partial charge in [0.25, 0.3) is 0 Å². The van der Waals surface area contributed by atoms with Gasteiger partial charge in [0.2, 0.25) is 0 Å². The van der Waals surface area contributed by atoms with Crippen LogP contribution in [0, 0.1) is 12.7 Å². The molecule has 1 heterocycles. The van der Waals surface area contributed by atoms with Crippen LogP contribution in [0.15, 0.2) is 18.2 Å². The average molecular weight is 289 g/mol. The van der Waals surface area contributed by atoms with Crippen LogP contribution >= 0.6 is 0 Å². The zero-order valence-corrected chi connectivity index (χ0v) is 12.8. The highest BCUT2D eigenvalue weighted by atomic mass is 19.1. The summed E-state index contributed by atoms with van der Waals surface area (Å²) in [5, 5.41) is 3.26. The number of aryl methyl sites for hydroxylation is 1. The van der Waals surface area contributed by atoms with Crippen LogP contribution in [0.25, 0.3) is 11.4 Å². The fourth-order valence-corrected chi connectivity index (χ4v) is 2.26. The number of nitrogens with one attached hydrogen (secondary N) is 1. The maximum absolute atomic E-state index is 13.5. The highest BCUT2D eigenvalue weighted by Crippen LogP contribution is 2.27. The van der Waals surface area contributed by atoms with E-state index in [0.717, 1.165) is 35.6 Å². The van der Waals surface area contributed by atoms with Crippen molar-refractivity contribution in [1.29, 1.82) is 0 Å². The summed E-state index contributed by atoms with van der Waals surface area (Å²) in [5.74, 6) is 1.21. The molecule has 5 heteroatoms. The molecular weight excluding hydrogens is 269 g/mol. The Balaban J connectivity index is 2.53. The number of benzene rings is 1. The van der Waals surface area contributed by atoms with E-state index in [1.54, 1.807) is 12.1 Å². The average Bonchev–Trinajstić information content (AvgIpc) is 2.47. The van der Waals surface area contributed by atoms with E-state index in [0.29, 0.717) is 5.82 Å². The molecule has 0 atom stereocenters. The number of aromatic nitrogens is 2. The number of nitrogens with zero attached hydrogens (tertiary/aromatic N) is 2. The van der Waals surface area contributed by atoms with Gasteiger partial charge in [0.1, 0.15) is 5.82 Å². The second-order valence-electron chi connectivity index (χ2n) is 4.69. The molecule has 2 aromatic rings. The van der Waals surface area contributed by atoms with Gasteiger partial charge in [0.05, 0.1) is 7.11 Å². The van der Waals surface area contributed by atoms with Gasteiger partial charge in [-0.2, -0.15) is 0 Å².